The predicted octanol–water partition coefficient (Wildman–Crippen LogP) is 7.84. The molecule has 0 saturated heterocycles. The van der Waals surface area contributed by atoms with Crippen molar-refractivity contribution in [1.82, 2.24) is 0 Å². The molecule has 0 amide bonds. The summed E-state index contributed by atoms with van der Waals surface area (Å²) in [5, 5.41) is 0. The van der Waals surface area contributed by atoms with Crippen molar-refractivity contribution in [3.05, 3.63) is 37.0 Å². The lowest BCUT2D eigenvalue weighted by Crippen LogP contribution is -2.16. The minimum atomic E-state index is -1.83. The Morgan fingerprint density at radius 1 is 1.00 bits per heavy atom. The van der Waals surface area contributed by atoms with Crippen molar-refractivity contribution < 1.29 is 0 Å². The van der Waals surface area contributed by atoms with E-state index in [4.69, 9.17) is 44.3 Å². The topological polar surface area (TPSA) is 0 Å². The average molecular weight is 470 g/mol. The maximum absolute atomic E-state index is 6.10. The standard InChI is InChI=1S/C10H16Cl2Si.C9H12.CH4Cl2Si/c1-13(11,12)5-4-10-7-8-2-3-9(10)6-8;1-2-8-5-7-3-4-9(8)6-7;1-4(2)3/h2-3,8-10H,4-7H2,1H3;2-4,7-9H,1,5-6H2;4H,1H3. The molecule has 0 aromatic carbocycles. The van der Waals surface area contributed by atoms with Crippen LogP contribution in [0.15, 0.2) is 37.0 Å². The van der Waals surface area contributed by atoms with Crippen molar-refractivity contribution in [3.8, 4) is 0 Å². The Hall–Kier alpha value is 0.814. The molecule has 0 nitrogen and oxygen atoms in total. The van der Waals surface area contributed by atoms with Gasteiger partial charge in [-0.3, -0.25) is 0 Å². The van der Waals surface area contributed by atoms with Gasteiger partial charge < -0.3 is 0 Å². The first-order valence-corrected chi connectivity index (χ1v) is 19.2. The van der Waals surface area contributed by atoms with Crippen LogP contribution in [0.1, 0.15) is 32.1 Å². The largest absolute Gasteiger partial charge is 0.248 e. The van der Waals surface area contributed by atoms with E-state index in [1.807, 2.05) is 13.1 Å². The fraction of sp³-hybridized carbons (Fsp3) is 0.700. The summed E-state index contributed by atoms with van der Waals surface area (Å²) in [6, 6.07) is 1.07. The van der Waals surface area contributed by atoms with Crippen LogP contribution >= 0.6 is 44.3 Å². The van der Waals surface area contributed by atoms with Crippen molar-refractivity contribution in [2.75, 3.05) is 0 Å². The summed E-state index contributed by atoms with van der Waals surface area (Å²) in [6.45, 7) is 5.86. The monoisotopic (exact) mass is 468 g/mol. The number of hydrogen-bond acceptors (Lipinski definition) is 0. The van der Waals surface area contributed by atoms with E-state index >= 15 is 0 Å². The van der Waals surface area contributed by atoms with Gasteiger partial charge in [0.2, 0.25) is 14.1 Å². The zero-order chi connectivity index (χ0) is 19.3. The van der Waals surface area contributed by atoms with Gasteiger partial charge in [0.05, 0.1) is 0 Å². The minimum Gasteiger partial charge on any atom is -0.151 e. The normalized spacial score (nSPS) is 36.0. The smallest absolute Gasteiger partial charge is 0.151 e. The average Bonchev–Trinajstić information content (AvgIpc) is 3.32. The van der Waals surface area contributed by atoms with E-state index in [1.165, 1.54) is 32.1 Å². The molecule has 6 atom stereocenters. The molecule has 4 aliphatic carbocycles. The number of halogens is 4. The Kier molecular flexibility index (Phi) is 9.37. The summed E-state index contributed by atoms with van der Waals surface area (Å²) in [6.07, 6.45) is 18.4. The second kappa shape index (κ2) is 10.6. The van der Waals surface area contributed by atoms with Crippen LogP contribution in [0.3, 0.4) is 0 Å². The highest BCUT2D eigenvalue weighted by atomic mass is 35.7. The number of allylic oxidation sites excluding steroid dienone is 5. The Morgan fingerprint density at radius 2 is 1.54 bits per heavy atom. The fourth-order valence-corrected chi connectivity index (χ4v) is 6.29. The molecular formula is C20H32Cl4Si2. The lowest BCUT2D eigenvalue weighted by atomic mass is 9.91. The van der Waals surface area contributed by atoms with E-state index in [2.05, 4.69) is 37.0 Å². The molecule has 0 aromatic rings. The molecule has 0 radical (unpaired) electrons. The molecule has 0 spiro atoms. The summed E-state index contributed by atoms with van der Waals surface area (Å²) in [5.41, 5.74) is 0. The van der Waals surface area contributed by atoms with E-state index in [1.54, 1.807) is 0 Å². The molecule has 4 aliphatic rings. The van der Waals surface area contributed by atoms with E-state index in [0.717, 1.165) is 41.6 Å². The van der Waals surface area contributed by atoms with Gasteiger partial charge in [-0.1, -0.05) is 36.8 Å². The third-order valence-electron chi connectivity index (χ3n) is 6.00. The fourth-order valence-electron chi connectivity index (χ4n) is 4.76. The van der Waals surface area contributed by atoms with Crippen LogP contribution in [0.25, 0.3) is 0 Å². The maximum Gasteiger partial charge on any atom is 0.248 e. The van der Waals surface area contributed by atoms with Crippen molar-refractivity contribution in [3.63, 3.8) is 0 Å². The highest BCUT2D eigenvalue weighted by Crippen LogP contribution is 2.46. The van der Waals surface area contributed by atoms with Crippen LogP contribution in [0, 0.1) is 35.5 Å². The van der Waals surface area contributed by atoms with E-state index in [0.29, 0.717) is 0 Å². The molecule has 148 valence electrons. The molecule has 0 N–H and O–H groups in total. The Bertz CT molecular complexity index is 510. The molecule has 6 heteroatoms. The highest BCUT2D eigenvalue weighted by molar-refractivity contribution is 7.44. The van der Waals surface area contributed by atoms with Gasteiger partial charge in [-0.15, -0.1) is 28.7 Å². The first-order chi connectivity index (χ1) is 12.2. The van der Waals surface area contributed by atoms with Gasteiger partial charge in [0.1, 0.15) is 0 Å². The quantitative estimate of drug-likeness (QED) is 0.223. The lowest BCUT2D eigenvalue weighted by Gasteiger charge is -2.20. The summed E-state index contributed by atoms with van der Waals surface area (Å²) < 4.78 is 0. The molecule has 4 rings (SSSR count). The van der Waals surface area contributed by atoms with Crippen molar-refractivity contribution in [1.29, 1.82) is 0 Å². The Morgan fingerprint density at radius 3 is 1.85 bits per heavy atom. The first-order valence-electron chi connectivity index (χ1n) is 9.83. The van der Waals surface area contributed by atoms with Gasteiger partial charge in [0.15, 0.2) is 0 Å². The molecule has 2 fully saturated rings. The van der Waals surface area contributed by atoms with Crippen molar-refractivity contribution in [2.45, 2.75) is 51.2 Å². The first kappa shape index (κ1) is 23.1. The molecule has 26 heavy (non-hydrogen) atoms. The number of rotatable bonds is 4. The Balaban J connectivity index is 0.000000162. The summed E-state index contributed by atoms with van der Waals surface area (Å²) >= 11 is 22.6. The molecule has 6 unspecified atom stereocenters. The third kappa shape index (κ3) is 7.68. The van der Waals surface area contributed by atoms with E-state index in [-0.39, 0.29) is 0 Å². The van der Waals surface area contributed by atoms with Gasteiger partial charge in [-0.2, -0.15) is 22.2 Å². The Labute approximate surface area is 181 Å². The van der Waals surface area contributed by atoms with Crippen LogP contribution in [0.5, 0.6) is 0 Å². The summed E-state index contributed by atoms with van der Waals surface area (Å²) in [4.78, 5) is 0. The molecule has 2 saturated carbocycles. The SMILES string of the molecule is C=CC1CC2C=CC1C2.C[SiH](Cl)Cl.C[Si](Cl)(Cl)CCC1CC2C=CC1C2. The van der Waals surface area contributed by atoms with Crippen LogP contribution in [-0.4, -0.2) is 14.1 Å². The molecular weight excluding hydrogens is 438 g/mol. The van der Waals surface area contributed by atoms with Crippen LogP contribution < -0.4 is 0 Å². The van der Waals surface area contributed by atoms with Gasteiger partial charge in [-0.25, -0.2) is 0 Å². The second-order valence-corrected chi connectivity index (χ2v) is 22.2. The predicted molar refractivity (Wildman–Crippen MR) is 125 cm³/mol. The van der Waals surface area contributed by atoms with Gasteiger partial charge >= 0.3 is 0 Å². The second-order valence-electron chi connectivity index (χ2n) is 8.35. The van der Waals surface area contributed by atoms with Gasteiger partial charge in [0, 0.05) is 0 Å². The van der Waals surface area contributed by atoms with Crippen molar-refractivity contribution >= 4 is 58.4 Å². The molecule has 0 aromatic heterocycles. The van der Waals surface area contributed by atoms with Crippen LogP contribution in [-0.2, 0) is 0 Å². The number of hydrogen-bond donors (Lipinski definition) is 0. The van der Waals surface area contributed by atoms with E-state index in [9.17, 15) is 0 Å². The zero-order valence-corrected chi connectivity index (χ0v) is 21.1. The van der Waals surface area contributed by atoms with Crippen LogP contribution in [0.2, 0.25) is 19.1 Å². The van der Waals surface area contributed by atoms with Gasteiger partial charge in [0.25, 0.3) is 0 Å². The van der Waals surface area contributed by atoms with Gasteiger partial charge in [-0.05, 0) is 80.3 Å². The lowest BCUT2D eigenvalue weighted by molar-refractivity contribution is 0.433. The number of fused-ring (bicyclic) bond motifs is 4. The minimum absolute atomic E-state index is 0.806. The highest BCUT2D eigenvalue weighted by Gasteiger charge is 2.36. The van der Waals surface area contributed by atoms with E-state index < -0.39 is 14.1 Å². The zero-order valence-electron chi connectivity index (χ0n) is 15.9. The van der Waals surface area contributed by atoms with Crippen molar-refractivity contribution in [2.24, 2.45) is 35.5 Å². The molecule has 4 bridgehead atoms. The molecule has 0 aliphatic heterocycles. The maximum atomic E-state index is 6.10. The third-order valence-corrected chi connectivity index (χ3v) is 8.30. The summed E-state index contributed by atoms with van der Waals surface area (Å²) in [5.74, 6) is 5.19. The molecule has 0 heterocycles. The summed E-state index contributed by atoms with van der Waals surface area (Å²) in [7, 11) is -1.19. The van der Waals surface area contributed by atoms with Crippen LogP contribution in [0.4, 0.5) is 0 Å².